The molecule has 2 amide bonds. The summed E-state index contributed by atoms with van der Waals surface area (Å²) in [5.41, 5.74) is 0. The minimum absolute atomic E-state index is 0. The van der Waals surface area contributed by atoms with E-state index in [1.807, 2.05) is 13.8 Å². The van der Waals surface area contributed by atoms with E-state index in [9.17, 15) is 9.59 Å². The fraction of sp³-hybridized carbons (Fsp3) is 0.833. The minimum Gasteiger partial charge on any atom is -0.355 e. The highest BCUT2D eigenvalue weighted by atomic mass is 35.5. The van der Waals surface area contributed by atoms with E-state index >= 15 is 0 Å². The molecule has 0 spiro atoms. The monoisotopic (exact) mass is 277 g/mol. The van der Waals surface area contributed by atoms with Crippen molar-refractivity contribution < 1.29 is 9.59 Å². The van der Waals surface area contributed by atoms with Gasteiger partial charge in [-0.05, 0) is 33.2 Å². The normalized spacial score (nSPS) is 18.7. The van der Waals surface area contributed by atoms with E-state index < -0.39 is 0 Å². The van der Waals surface area contributed by atoms with Gasteiger partial charge in [-0.25, -0.2) is 0 Å². The molecule has 0 aromatic rings. The number of nitrogens with one attached hydrogen (secondary N) is 2. The summed E-state index contributed by atoms with van der Waals surface area (Å²) in [4.78, 5) is 25.3. The van der Waals surface area contributed by atoms with Crippen molar-refractivity contribution in [3.05, 3.63) is 0 Å². The Morgan fingerprint density at radius 2 is 2.11 bits per heavy atom. The Morgan fingerprint density at radius 3 is 2.61 bits per heavy atom. The van der Waals surface area contributed by atoms with E-state index in [2.05, 4.69) is 10.6 Å². The van der Waals surface area contributed by atoms with Gasteiger partial charge >= 0.3 is 0 Å². The Balaban J connectivity index is 0.00000289. The molecule has 6 heteroatoms. The molecule has 1 atom stereocenters. The lowest BCUT2D eigenvalue weighted by molar-refractivity contribution is -0.139. The van der Waals surface area contributed by atoms with E-state index in [4.69, 9.17) is 0 Å². The molecule has 2 N–H and O–H groups in total. The smallest absolute Gasteiger partial charge is 0.239 e. The molecule has 0 saturated carbocycles. The van der Waals surface area contributed by atoms with Gasteiger partial charge in [-0.1, -0.05) is 0 Å². The second-order valence-electron chi connectivity index (χ2n) is 4.35. The number of amides is 2. The van der Waals surface area contributed by atoms with Crippen LogP contribution < -0.4 is 10.6 Å². The Hall–Kier alpha value is -0.810. The predicted octanol–water partition coefficient (Wildman–Crippen LogP) is 0.392. The molecule has 0 unspecified atom stereocenters. The average molecular weight is 278 g/mol. The topological polar surface area (TPSA) is 61.4 Å². The molecule has 0 radical (unpaired) electrons. The molecular formula is C12H24ClN3O2. The molecule has 1 fully saturated rings. The molecule has 0 aromatic heterocycles. The minimum atomic E-state index is -0.0773. The summed E-state index contributed by atoms with van der Waals surface area (Å²) in [7, 11) is 0. The maximum atomic E-state index is 12.2. The zero-order chi connectivity index (χ0) is 12.7. The third-order valence-corrected chi connectivity index (χ3v) is 3.05. The van der Waals surface area contributed by atoms with Gasteiger partial charge in [-0.15, -0.1) is 12.4 Å². The number of rotatable bonds is 5. The first-order chi connectivity index (χ1) is 8.19. The van der Waals surface area contributed by atoms with Crippen LogP contribution in [0.15, 0.2) is 0 Å². The molecule has 1 aliphatic heterocycles. The standard InChI is InChI=1S/C12H23N3O2.ClH/c1-3-14-11(16)9-15(4-2)12(17)10-6-5-7-13-8-10;/h10,13H,3-9H2,1-2H3,(H,14,16);1H/t10-;/m1./s1. The molecule has 1 rings (SSSR count). The fourth-order valence-corrected chi connectivity index (χ4v) is 2.09. The molecule has 106 valence electrons. The van der Waals surface area contributed by atoms with Gasteiger partial charge in [0.15, 0.2) is 0 Å². The van der Waals surface area contributed by atoms with Crippen LogP contribution in [0, 0.1) is 5.92 Å². The van der Waals surface area contributed by atoms with Gasteiger partial charge < -0.3 is 15.5 Å². The highest BCUT2D eigenvalue weighted by molar-refractivity contribution is 5.86. The Labute approximate surface area is 115 Å². The summed E-state index contributed by atoms with van der Waals surface area (Å²) < 4.78 is 0. The molecule has 0 aliphatic carbocycles. The van der Waals surface area contributed by atoms with Crippen molar-refractivity contribution in [1.82, 2.24) is 15.5 Å². The first-order valence-electron chi connectivity index (χ1n) is 6.45. The number of halogens is 1. The van der Waals surface area contributed by atoms with Gasteiger partial charge in [0.05, 0.1) is 12.5 Å². The fourth-order valence-electron chi connectivity index (χ4n) is 2.09. The average Bonchev–Trinajstić information content (AvgIpc) is 2.36. The number of likely N-dealkylation sites (N-methyl/N-ethyl adjacent to an activating group) is 2. The number of nitrogens with zero attached hydrogens (tertiary/aromatic N) is 1. The lowest BCUT2D eigenvalue weighted by atomic mass is 9.98. The van der Waals surface area contributed by atoms with Gasteiger partial charge in [0.1, 0.15) is 0 Å². The maximum absolute atomic E-state index is 12.2. The van der Waals surface area contributed by atoms with Crippen LogP contribution in [0.4, 0.5) is 0 Å². The third kappa shape index (κ3) is 5.23. The van der Waals surface area contributed by atoms with Crippen molar-refractivity contribution in [3.63, 3.8) is 0 Å². The molecule has 1 saturated heterocycles. The number of hydrogen-bond acceptors (Lipinski definition) is 3. The lowest BCUT2D eigenvalue weighted by Crippen LogP contribution is -2.46. The molecule has 0 aromatic carbocycles. The van der Waals surface area contributed by atoms with E-state index in [-0.39, 0.29) is 36.7 Å². The van der Waals surface area contributed by atoms with Crippen molar-refractivity contribution in [3.8, 4) is 0 Å². The van der Waals surface area contributed by atoms with E-state index in [1.54, 1.807) is 4.90 Å². The summed E-state index contributed by atoms with van der Waals surface area (Å²) in [6.45, 7) is 6.90. The zero-order valence-electron chi connectivity index (χ0n) is 11.2. The molecule has 1 heterocycles. The highest BCUT2D eigenvalue weighted by Gasteiger charge is 2.25. The highest BCUT2D eigenvalue weighted by Crippen LogP contribution is 2.13. The third-order valence-electron chi connectivity index (χ3n) is 3.05. The SMILES string of the molecule is CCNC(=O)CN(CC)C(=O)[C@@H]1CCCNC1.Cl. The van der Waals surface area contributed by atoms with Crippen LogP contribution in [0.3, 0.4) is 0 Å². The number of piperidine rings is 1. The van der Waals surface area contributed by atoms with Crippen molar-refractivity contribution in [1.29, 1.82) is 0 Å². The van der Waals surface area contributed by atoms with Crippen LogP contribution in [0.1, 0.15) is 26.7 Å². The summed E-state index contributed by atoms with van der Waals surface area (Å²) in [5, 5.41) is 5.94. The van der Waals surface area contributed by atoms with Gasteiger partial charge in [0.2, 0.25) is 11.8 Å². The molecule has 18 heavy (non-hydrogen) atoms. The van der Waals surface area contributed by atoms with Crippen molar-refractivity contribution in [2.75, 3.05) is 32.7 Å². The number of hydrogen-bond donors (Lipinski definition) is 2. The van der Waals surface area contributed by atoms with Gasteiger partial charge in [0.25, 0.3) is 0 Å². The maximum Gasteiger partial charge on any atom is 0.239 e. The first-order valence-corrected chi connectivity index (χ1v) is 6.45. The van der Waals surface area contributed by atoms with Crippen molar-refractivity contribution in [2.45, 2.75) is 26.7 Å². The molecule has 5 nitrogen and oxygen atoms in total. The first kappa shape index (κ1) is 17.2. The molecular weight excluding hydrogens is 254 g/mol. The van der Waals surface area contributed by atoms with Crippen LogP contribution in [0.5, 0.6) is 0 Å². The summed E-state index contributed by atoms with van der Waals surface area (Å²) in [5.74, 6) is 0.0653. The van der Waals surface area contributed by atoms with E-state index in [1.165, 1.54) is 0 Å². The van der Waals surface area contributed by atoms with Gasteiger partial charge in [-0.3, -0.25) is 9.59 Å². The summed E-state index contributed by atoms with van der Waals surface area (Å²) in [6.07, 6.45) is 1.97. The summed E-state index contributed by atoms with van der Waals surface area (Å²) in [6, 6.07) is 0. The second-order valence-corrected chi connectivity index (χ2v) is 4.35. The van der Waals surface area contributed by atoms with Crippen LogP contribution in [0.25, 0.3) is 0 Å². The van der Waals surface area contributed by atoms with Crippen molar-refractivity contribution >= 4 is 24.2 Å². The lowest BCUT2D eigenvalue weighted by Gasteiger charge is -2.28. The Morgan fingerprint density at radius 1 is 1.39 bits per heavy atom. The van der Waals surface area contributed by atoms with Crippen LogP contribution in [-0.4, -0.2) is 49.4 Å². The Bertz CT molecular complexity index is 268. The summed E-state index contributed by atoms with van der Waals surface area (Å²) >= 11 is 0. The Kier molecular flexibility index (Phi) is 8.75. The second kappa shape index (κ2) is 9.16. The van der Waals surface area contributed by atoms with Crippen LogP contribution in [-0.2, 0) is 9.59 Å². The quantitative estimate of drug-likeness (QED) is 0.764. The van der Waals surface area contributed by atoms with Gasteiger partial charge in [0, 0.05) is 19.6 Å². The van der Waals surface area contributed by atoms with Crippen molar-refractivity contribution in [2.24, 2.45) is 5.92 Å². The van der Waals surface area contributed by atoms with E-state index in [0.29, 0.717) is 13.1 Å². The molecule has 1 aliphatic rings. The largest absolute Gasteiger partial charge is 0.355 e. The predicted molar refractivity (Wildman–Crippen MR) is 73.8 cm³/mol. The number of carbonyl (C=O) groups is 2. The van der Waals surface area contributed by atoms with Crippen LogP contribution in [0.2, 0.25) is 0 Å². The van der Waals surface area contributed by atoms with E-state index in [0.717, 1.165) is 25.9 Å². The van der Waals surface area contributed by atoms with Gasteiger partial charge in [-0.2, -0.15) is 0 Å². The molecule has 0 bridgehead atoms. The van der Waals surface area contributed by atoms with Crippen LogP contribution >= 0.6 is 12.4 Å². The number of carbonyl (C=O) groups excluding carboxylic acids is 2. The zero-order valence-corrected chi connectivity index (χ0v) is 12.0.